The Kier molecular flexibility index (Phi) is 3.53. The molecule has 102 valence electrons. The van der Waals surface area contributed by atoms with Gasteiger partial charge in [-0.2, -0.15) is 0 Å². The van der Waals surface area contributed by atoms with E-state index in [1.165, 1.54) is 21.4 Å². The summed E-state index contributed by atoms with van der Waals surface area (Å²) in [4.78, 5) is 4.81. The molecular formula is C17H19N2S+. The van der Waals surface area contributed by atoms with Crippen LogP contribution in [0.2, 0.25) is 0 Å². The molecule has 0 fully saturated rings. The summed E-state index contributed by atoms with van der Waals surface area (Å²) in [5.74, 6) is 0. The fraction of sp³-hybridized carbons (Fsp3) is 0.294. The molecule has 3 aromatic rings. The minimum atomic E-state index is 1.07. The molecule has 2 nitrogen and oxygen atoms in total. The average molecular weight is 283 g/mol. The van der Waals surface area contributed by atoms with Gasteiger partial charge < -0.3 is 0 Å². The highest BCUT2D eigenvalue weighted by atomic mass is 32.1. The number of thiazole rings is 1. The van der Waals surface area contributed by atoms with Crippen LogP contribution in [0.3, 0.4) is 0 Å². The van der Waals surface area contributed by atoms with Crippen molar-refractivity contribution < 1.29 is 4.57 Å². The van der Waals surface area contributed by atoms with Gasteiger partial charge in [0.2, 0.25) is 0 Å². The van der Waals surface area contributed by atoms with E-state index < -0.39 is 0 Å². The maximum absolute atomic E-state index is 4.81. The number of benzene rings is 1. The van der Waals surface area contributed by atoms with Crippen molar-refractivity contribution in [2.45, 2.75) is 33.7 Å². The number of fused-ring (bicyclic) bond motifs is 1. The third kappa shape index (κ3) is 2.46. The van der Waals surface area contributed by atoms with E-state index in [9.17, 15) is 0 Å². The van der Waals surface area contributed by atoms with Crippen molar-refractivity contribution in [2.24, 2.45) is 0 Å². The lowest BCUT2D eigenvalue weighted by Crippen LogP contribution is -2.31. The first-order chi connectivity index (χ1) is 9.67. The first-order valence-electron chi connectivity index (χ1n) is 7.04. The number of aryl methyl sites for hydroxylation is 3. The van der Waals surface area contributed by atoms with Crippen LogP contribution in [0.25, 0.3) is 20.8 Å². The Morgan fingerprint density at radius 1 is 1.15 bits per heavy atom. The number of hydrogen-bond donors (Lipinski definition) is 0. The van der Waals surface area contributed by atoms with Gasteiger partial charge in [0.25, 0.3) is 0 Å². The van der Waals surface area contributed by atoms with E-state index in [1.54, 1.807) is 11.3 Å². The second kappa shape index (κ2) is 5.33. The smallest absolute Gasteiger partial charge is 0.169 e. The molecule has 0 aliphatic carbocycles. The Morgan fingerprint density at radius 2 is 1.90 bits per heavy atom. The van der Waals surface area contributed by atoms with Crippen LogP contribution < -0.4 is 4.57 Å². The Bertz CT molecular complexity index is 742. The zero-order valence-corrected chi connectivity index (χ0v) is 13.0. The lowest BCUT2D eigenvalue weighted by molar-refractivity contribution is -0.696. The minimum absolute atomic E-state index is 1.07. The Labute approximate surface area is 123 Å². The van der Waals surface area contributed by atoms with Gasteiger partial charge in [0.05, 0.1) is 10.2 Å². The molecule has 0 unspecified atom stereocenters. The van der Waals surface area contributed by atoms with Crippen molar-refractivity contribution in [3.05, 3.63) is 47.8 Å². The SMILES string of the molecule is CCC[n+]1ccc(-c2nc3c(C)cc(C)cc3s2)cc1. The van der Waals surface area contributed by atoms with E-state index in [0.717, 1.165) is 23.5 Å². The highest BCUT2D eigenvalue weighted by molar-refractivity contribution is 7.21. The van der Waals surface area contributed by atoms with Crippen LogP contribution in [0.15, 0.2) is 36.7 Å². The highest BCUT2D eigenvalue weighted by Gasteiger charge is 2.10. The van der Waals surface area contributed by atoms with Crippen LogP contribution in [-0.4, -0.2) is 4.98 Å². The van der Waals surface area contributed by atoms with E-state index in [0.29, 0.717) is 0 Å². The number of nitrogens with zero attached hydrogens (tertiary/aromatic N) is 2. The number of hydrogen-bond acceptors (Lipinski definition) is 2. The first-order valence-corrected chi connectivity index (χ1v) is 7.86. The van der Waals surface area contributed by atoms with Gasteiger partial charge in [-0.15, -0.1) is 11.3 Å². The summed E-state index contributed by atoms with van der Waals surface area (Å²) in [6.45, 7) is 7.54. The molecule has 1 aromatic carbocycles. The summed E-state index contributed by atoms with van der Waals surface area (Å²) in [7, 11) is 0. The maximum atomic E-state index is 4.81. The molecule has 0 spiro atoms. The molecule has 2 aromatic heterocycles. The number of aromatic nitrogens is 2. The predicted molar refractivity (Wildman–Crippen MR) is 85.0 cm³/mol. The van der Waals surface area contributed by atoms with Crippen molar-refractivity contribution in [1.29, 1.82) is 0 Å². The molecule has 0 saturated carbocycles. The molecule has 0 saturated heterocycles. The zero-order chi connectivity index (χ0) is 14.1. The van der Waals surface area contributed by atoms with Gasteiger partial charge in [-0.05, 0) is 31.0 Å². The largest absolute Gasteiger partial charge is 0.236 e. The van der Waals surface area contributed by atoms with Crippen LogP contribution in [0.1, 0.15) is 24.5 Å². The molecule has 3 heteroatoms. The minimum Gasteiger partial charge on any atom is -0.236 e. The van der Waals surface area contributed by atoms with Crippen molar-refractivity contribution >= 4 is 21.6 Å². The van der Waals surface area contributed by atoms with Crippen molar-refractivity contribution in [2.75, 3.05) is 0 Å². The molecule has 0 atom stereocenters. The zero-order valence-electron chi connectivity index (χ0n) is 12.2. The summed E-state index contributed by atoms with van der Waals surface area (Å²) in [6, 6.07) is 8.75. The molecule has 0 N–H and O–H groups in total. The van der Waals surface area contributed by atoms with Gasteiger partial charge in [-0.3, -0.25) is 0 Å². The highest BCUT2D eigenvalue weighted by Crippen LogP contribution is 2.31. The summed E-state index contributed by atoms with van der Waals surface area (Å²) >= 11 is 1.78. The standard InChI is InChI=1S/C17H19N2S/c1-4-7-19-8-5-14(6-9-19)17-18-16-13(3)10-12(2)11-15(16)20-17/h5-6,8-11H,4,7H2,1-3H3/q+1. The summed E-state index contributed by atoms with van der Waals surface area (Å²) in [6.07, 6.45) is 5.44. The van der Waals surface area contributed by atoms with Crippen LogP contribution in [0, 0.1) is 13.8 Å². The van der Waals surface area contributed by atoms with Crippen LogP contribution in [0.4, 0.5) is 0 Å². The van der Waals surface area contributed by atoms with Gasteiger partial charge in [-0.25, -0.2) is 9.55 Å². The lowest BCUT2D eigenvalue weighted by Gasteiger charge is -1.96. The monoisotopic (exact) mass is 283 g/mol. The first kappa shape index (κ1) is 13.3. The molecule has 0 aliphatic rings. The molecule has 3 rings (SSSR count). The third-order valence-corrected chi connectivity index (χ3v) is 4.50. The quantitative estimate of drug-likeness (QED) is 0.656. The Morgan fingerprint density at radius 3 is 2.60 bits per heavy atom. The topological polar surface area (TPSA) is 16.8 Å². The number of rotatable bonds is 3. The molecule has 20 heavy (non-hydrogen) atoms. The fourth-order valence-corrected chi connectivity index (χ4v) is 3.65. The fourth-order valence-electron chi connectivity index (χ4n) is 2.50. The summed E-state index contributed by atoms with van der Waals surface area (Å²) < 4.78 is 3.49. The molecule has 0 bridgehead atoms. The van der Waals surface area contributed by atoms with E-state index >= 15 is 0 Å². The van der Waals surface area contributed by atoms with Gasteiger partial charge in [0.15, 0.2) is 12.4 Å². The normalized spacial score (nSPS) is 11.2. The third-order valence-electron chi connectivity index (χ3n) is 3.45. The Balaban J connectivity index is 2.03. The van der Waals surface area contributed by atoms with Crippen molar-refractivity contribution in [1.82, 2.24) is 4.98 Å². The molecule has 0 radical (unpaired) electrons. The van der Waals surface area contributed by atoms with Gasteiger partial charge in [0, 0.05) is 24.1 Å². The maximum Gasteiger partial charge on any atom is 0.169 e. The second-order valence-corrected chi connectivity index (χ2v) is 6.30. The van der Waals surface area contributed by atoms with Crippen LogP contribution in [-0.2, 0) is 6.54 Å². The van der Waals surface area contributed by atoms with E-state index in [-0.39, 0.29) is 0 Å². The molecular weight excluding hydrogens is 264 g/mol. The van der Waals surface area contributed by atoms with Gasteiger partial charge in [0.1, 0.15) is 11.6 Å². The lowest BCUT2D eigenvalue weighted by atomic mass is 10.1. The molecule has 2 heterocycles. The summed E-state index contributed by atoms with van der Waals surface area (Å²) in [5.41, 5.74) is 4.91. The van der Waals surface area contributed by atoms with Gasteiger partial charge in [-0.1, -0.05) is 13.0 Å². The van der Waals surface area contributed by atoms with Gasteiger partial charge >= 0.3 is 0 Å². The van der Waals surface area contributed by atoms with Crippen molar-refractivity contribution in [3.8, 4) is 10.6 Å². The second-order valence-electron chi connectivity index (χ2n) is 5.27. The van der Waals surface area contributed by atoms with E-state index in [1.807, 2.05) is 0 Å². The predicted octanol–water partition coefficient (Wildman–Crippen LogP) is 4.28. The van der Waals surface area contributed by atoms with Crippen molar-refractivity contribution in [3.63, 3.8) is 0 Å². The molecule has 0 amide bonds. The Hall–Kier alpha value is -1.74. The van der Waals surface area contributed by atoms with Crippen LogP contribution in [0.5, 0.6) is 0 Å². The average Bonchev–Trinajstić information content (AvgIpc) is 2.84. The summed E-state index contributed by atoms with van der Waals surface area (Å²) in [5, 5.41) is 1.11. The number of pyridine rings is 1. The van der Waals surface area contributed by atoms with E-state index in [2.05, 4.69) is 62.0 Å². The van der Waals surface area contributed by atoms with Crippen LogP contribution >= 0.6 is 11.3 Å². The van der Waals surface area contributed by atoms with E-state index in [4.69, 9.17) is 4.98 Å². The molecule has 0 aliphatic heterocycles.